The lowest BCUT2D eigenvalue weighted by molar-refractivity contribution is -0.115. The molecule has 5 heteroatoms. The summed E-state index contributed by atoms with van der Waals surface area (Å²) in [4.78, 5) is 11.8. The maximum absolute atomic E-state index is 11.8. The van der Waals surface area contributed by atoms with Gasteiger partial charge in [-0.15, -0.1) is 0 Å². The molecule has 0 heterocycles. The standard InChI is InChI=1S/C13H19N3OS/c1-4-14-13(18)15-8-11(17)16-12-9(2)6-5-7-10(12)3/h5-7H,4,8H2,1-3H3,(H,16,17)(H2,14,15,18). The van der Waals surface area contributed by atoms with Crippen LogP contribution in [0, 0.1) is 13.8 Å². The summed E-state index contributed by atoms with van der Waals surface area (Å²) in [6, 6.07) is 5.91. The number of carbonyl (C=O) groups excluding carboxylic acids is 1. The average molecular weight is 265 g/mol. The summed E-state index contributed by atoms with van der Waals surface area (Å²) in [5, 5.41) is 9.16. The third kappa shape index (κ3) is 4.33. The van der Waals surface area contributed by atoms with Crippen molar-refractivity contribution in [2.24, 2.45) is 0 Å². The molecule has 0 saturated heterocycles. The second kappa shape index (κ2) is 6.96. The number of para-hydroxylation sites is 1. The zero-order chi connectivity index (χ0) is 13.5. The van der Waals surface area contributed by atoms with Crippen LogP contribution in [0.25, 0.3) is 0 Å². The van der Waals surface area contributed by atoms with E-state index in [0.717, 1.165) is 23.4 Å². The van der Waals surface area contributed by atoms with Gasteiger partial charge in [0, 0.05) is 12.2 Å². The van der Waals surface area contributed by atoms with Crippen LogP contribution in [0.15, 0.2) is 18.2 Å². The number of rotatable bonds is 4. The summed E-state index contributed by atoms with van der Waals surface area (Å²) in [6.07, 6.45) is 0. The highest BCUT2D eigenvalue weighted by Crippen LogP contribution is 2.18. The third-order valence-corrected chi connectivity index (χ3v) is 2.78. The molecular formula is C13H19N3OS. The van der Waals surface area contributed by atoms with Gasteiger partial charge in [-0.3, -0.25) is 4.79 Å². The third-order valence-electron chi connectivity index (χ3n) is 2.49. The molecule has 3 N–H and O–H groups in total. The number of benzene rings is 1. The molecule has 0 aliphatic carbocycles. The van der Waals surface area contributed by atoms with E-state index in [-0.39, 0.29) is 12.5 Å². The minimum absolute atomic E-state index is 0.104. The molecule has 1 aromatic rings. The number of nitrogens with one attached hydrogen (secondary N) is 3. The number of aryl methyl sites for hydroxylation is 2. The highest BCUT2D eigenvalue weighted by atomic mass is 32.1. The molecule has 1 amide bonds. The number of anilines is 1. The van der Waals surface area contributed by atoms with E-state index in [4.69, 9.17) is 12.2 Å². The summed E-state index contributed by atoms with van der Waals surface area (Å²) in [7, 11) is 0. The van der Waals surface area contributed by atoms with Crippen LogP contribution in [-0.4, -0.2) is 24.1 Å². The highest BCUT2D eigenvalue weighted by molar-refractivity contribution is 7.80. The van der Waals surface area contributed by atoms with Gasteiger partial charge in [0.2, 0.25) is 5.91 Å². The molecule has 0 aliphatic rings. The summed E-state index contributed by atoms with van der Waals surface area (Å²) >= 11 is 4.99. The van der Waals surface area contributed by atoms with Gasteiger partial charge in [0.15, 0.2) is 5.11 Å². The van der Waals surface area contributed by atoms with E-state index < -0.39 is 0 Å². The zero-order valence-corrected chi connectivity index (χ0v) is 11.8. The molecule has 98 valence electrons. The Morgan fingerprint density at radius 3 is 2.39 bits per heavy atom. The smallest absolute Gasteiger partial charge is 0.243 e. The van der Waals surface area contributed by atoms with Gasteiger partial charge in [0.1, 0.15) is 0 Å². The van der Waals surface area contributed by atoms with Gasteiger partial charge in [-0.05, 0) is 44.1 Å². The minimum Gasteiger partial charge on any atom is -0.363 e. The van der Waals surface area contributed by atoms with Crippen LogP contribution in [0.3, 0.4) is 0 Å². The van der Waals surface area contributed by atoms with Crippen molar-refractivity contribution in [2.45, 2.75) is 20.8 Å². The average Bonchev–Trinajstić information content (AvgIpc) is 2.32. The van der Waals surface area contributed by atoms with Crippen molar-refractivity contribution >= 4 is 28.9 Å². The first kappa shape index (κ1) is 14.4. The fourth-order valence-electron chi connectivity index (χ4n) is 1.58. The minimum atomic E-state index is -0.104. The lowest BCUT2D eigenvalue weighted by Crippen LogP contribution is -2.39. The van der Waals surface area contributed by atoms with Crippen LogP contribution in [0.4, 0.5) is 5.69 Å². The quantitative estimate of drug-likeness (QED) is 0.726. The van der Waals surface area contributed by atoms with E-state index in [9.17, 15) is 4.79 Å². The molecule has 0 saturated carbocycles. The predicted molar refractivity (Wildman–Crippen MR) is 78.8 cm³/mol. The van der Waals surface area contributed by atoms with Crippen molar-refractivity contribution in [1.82, 2.24) is 10.6 Å². The van der Waals surface area contributed by atoms with Crippen LogP contribution in [0.5, 0.6) is 0 Å². The summed E-state index contributed by atoms with van der Waals surface area (Å²) < 4.78 is 0. The Labute approximate surface area is 113 Å². The first-order valence-corrected chi connectivity index (χ1v) is 6.33. The van der Waals surface area contributed by atoms with Crippen LogP contribution in [0.1, 0.15) is 18.1 Å². The van der Waals surface area contributed by atoms with Crippen molar-refractivity contribution in [1.29, 1.82) is 0 Å². The van der Waals surface area contributed by atoms with Gasteiger partial charge in [0.25, 0.3) is 0 Å². The molecule has 18 heavy (non-hydrogen) atoms. The van der Waals surface area contributed by atoms with Crippen LogP contribution < -0.4 is 16.0 Å². The Kier molecular flexibility index (Phi) is 5.58. The van der Waals surface area contributed by atoms with E-state index in [1.165, 1.54) is 0 Å². The van der Waals surface area contributed by atoms with Crippen molar-refractivity contribution in [3.05, 3.63) is 29.3 Å². The summed E-state index contributed by atoms with van der Waals surface area (Å²) in [6.45, 7) is 6.80. The Morgan fingerprint density at radius 2 is 1.83 bits per heavy atom. The van der Waals surface area contributed by atoms with E-state index in [1.54, 1.807) is 0 Å². The molecule has 0 atom stereocenters. The zero-order valence-electron chi connectivity index (χ0n) is 11.0. The second-order valence-electron chi connectivity index (χ2n) is 4.03. The van der Waals surface area contributed by atoms with E-state index in [2.05, 4.69) is 16.0 Å². The number of hydrogen-bond acceptors (Lipinski definition) is 2. The van der Waals surface area contributed by atoms with Gasteiger partial charge in [-0.1, -0.05) is 18.2 Å². The van der Waals surface area contributed by atoms with Crippen LogP contribution >= 0.6 is 12.2 Å². The largest absolute Gasteiger partial charge is 0.363 e. The lowest BCUT2D eigenvalue weighted by atomic mass is 10.1. The lowest BCUT2D eigenvalue weighted by Gasteiger charge is -2.12. The Morgan fingerprint density at radius 1 is 1.22 bits per heavy atom. The highest BCUT2D eigenvalue weighted by Gasteiger charge is 2.07. The maximum atomic E-state index is 11.8. The monoisotopic (exact) mass is 265 g/mol. The summed E-state index contributed by atoms with van der Waals surface area (Å²) in [5.74, 6) is -0.104. The molecule has 4 nitrogen and oxygen atoms in total. The molecule has 0 aliphatic heterocycles. The van der Waals surface area contributed by atoms with E-state index >= 15 is 0 Å². The number of hydrogen-bond donors (Lipinski definition) is 3. The van der Waals surface area contributed by atoms with Gasteiger partial charge in [0.05, 0.1) is 6.54 Å². The number of amides is 1. The molecule has 1 rings (SSSR count). The first-order chi connectivity index (χ1) is 8.54. The van der Waals surface area contributed by atoms with Crippen LogP contribution in [-0.2, 0) is 4.79 Å². The van der Waals surface area contributed by atoms with E-state index in [1.807, 2.05) is 39.0 Å². The SMILES string of the molecule is CCNC(=S)NCC(=O)Nc1c(C)cccc1C. The van der Waals surface area contributed by atoms with Crippen molar-refractivity contribution < 1.29 is 4.79 Å². The normalized spacial score (nSPS) is 9.72. The second-order valence-corrected chi connectivity index (χ2v) is 4.44. The fourth-order valence-corrected chi connectivity index (χ4v) is 1.80. The topological polar surface area (TPSA) is 53.2 Å². The number of thiocarbonyl (C=S) groups is 1. The Hall–Kier alpha value is -1.62. The molecule has 0 radical (unpaired) electrons. The Bertz CT molecular complexity index is 426. The fraction of sp³-hybridized carbons (Fsp3) is 0.385. The summed E-state index contributed by atoms with van der Waals surface area (Å²) in [5.41, 5.74) is 2.98. The predicted octanol–water partition coefficient (Wildman–Crippen LogP) is 1.73. The molecule has 0 fully saturated rings. The van der Waals surface area contributed by atoms with Gasteiger partial charge in [-0.25, -0.2) is 0 Å². The van der Waals surface area contributed by atoms with Gasteiger partial charge in [-0.2, -0.15) is 0 Å². The number of carbonyl (C=O) groups is 1. The molecule has 0 unspecified atom stereocenters. The molecule has 1 aromatic carbocycles. The maximum Gasteiger partial charge on any atom is 0.243 e. The molecule has 0 bridgehead atoms. The van der Waals surface area contributed by atoms with Crippen molar-refractivity contribution in [3.8, 4) is 0 Å². The van der Waals surface area contributed by atoms with Crippen molar-refractivity contribution in [3.63, 3.8) is 0 Å². The molecule has 0 aromatic heterocycles. The van der Waals surface area contributed by atoms with Gasteiger partial charge >= 0.3 is 0 Å². The Balaban J connectivity index is 2.52. The van der Waals surface area contributed by atoms with Crippen LogP contribution in [0.2, 0.25) is 0 Å². The van der Waals surface area contributed by atoms with Gasteiger partial charge < -0.3 is 16.0 Å². The first-order valence-electron chi connectivity index (χ1n) is 5.92. The molecular weight excluding hydrogens is 246 g/mol. The molecule has 0 spiro atoms. The van der Waals surface area contributed by atoms with E-state index in [0.29, 0.717) is 5.11 Å². The van der Waals surface area contributed by atoms with Crippen molar-refractivity contribution in [2.75, 3.05) is 18.4 Å².